The molecule has 2 saturated carbocycles. The van der Waals surface area contributed by atoms with Gasteiger partial charge in [-0.15, -0.1) is 0 Å². The fraction of sp³-hybridized carbons (Fsp3) is 1.00. The first-order valence-corrected chi connectivity index (χ1v) is 6.84. The fourth-order valence-electron chi connectivity index (χ4n) is 4.12. The van der Waals surface area contributed by atoms with Crippen molar-refractivity contribution < 1.29 is 0 Å². The van der Waals surface area contributed by atoms with Gasteiger partial charge in [-0.2, -0.15) is 0 Å². The van der Waals surface area contributed by atoms with E-state index in [0.29, 0.717) is 6.04 Å². The fourth-order valence-corrected chi connectivity index (χ4v) is 4.12. The van der Waals surface area contributed by atoms with Gasteiger partial charge in [0.05, 0.1) is 0 Å². The number of nitrogens with two attached hydrogens (primary N) is 1. The molecule has 0 radical (unpaired) electrons. The summed E-state index contributed by atoms with van der Waals surface area (Å²) in [5, 5.41) is 0. The van der Waals surface area contributed by atoms with Crippen LogP contribution in [0.25, 0.3) is 0 Å². The molecule has 3 aliphatic rings. The van der Waals surface area contributed by atoms with E-state index in [9.17, 15) is 0 Å². The second kappa shape index (κ2) is 4.06. The van der Waals surface area contributed by atoms with Crippen molar-refractivity contribution in [2.75, 3.05) is 13.1 Å². The summed E-state index contributed by atoms with van der Waals surface area (Å²) in [4.78, 5) is 2.77. The van der Waals surface area contributed by atoms with Crippen molar-refractivity contribution in [3.63, 3.8) is 0 Å². The number of nitrogens with zero attached hydrogens (tertiary/aromatic N) is 1. The van der Waals surface area contributed by atoms with Gasteiger partial charge in [0, 0.05) is 25.2 Å². The highest BCUT2D eigenvalue weighted by atomic mass is 15.2. The van der Waals surface area contributed by atoms with Crippen LogP contribution in [-0.2, 0) is 0 Å². The molecule has 1 saturated heterocycles. The number of hydrogen-bond acceptors (Lipinski definition) is 2. The lowest BCUT2D eigenvalue weighted by Gasteiger charge is -2.30. The lowest BCUT2D eigenvalue weighted by Crippen LogP contribution is -2.38. The zero-order valence-corrected chi connectivity index (χ0v) is 9.70. The number of likely N-dealkylation sites (tertiary alicyclic amines) is 1. The SMILES string of the molecule is NC1CCCC2CN(C3CCCC3)CC12. The standard InChI is InChI=1S/C13H24N2/c14-13-7-3-4-10-8-15(9-12(10)13)11-5-1-2-6-11/h10-13H,1-9,14H2. The van der Waals surface area contributed by atoms with E-state index < -0.39 is 0 Å². The molecule has 0 bridgehead atoms. The van der Waals surface area contributed by atoms with Crippen LogP contribution in [0.15, 0.2) is 0 Å². The van der Waals surface area contributed by atoms with Gasteiger partial charge in [-0.05, 0) is 37.5 Å². The Bertz CT molecular complexity index is 223. The zero-order chi connectivity index (χ0) is 10.3. The largest absolute Gasteiger partial charge is 0.327 e. The first-order valence-electron chi connectivity index (χ1n) is 6.84. The van der Waals surface area contributed by atoms with Gasteiger partial charge in [0.2, 0.25) is 0 Å². The Kier molecular flexibility index (Phi) is 2.73. The smallest absolute Gasteiger partial charge is 0.00955 e. The first-order chi connectivity index (χ1) is 7.34. The second-order valence-electron chi connectivity index (χ2n) is 5.91. The number of hydrogen-bond donors (Lipinski definition) is 1. The zero-order valence-electron chi connectivity index (χ0n) is 9.70. The average molecular weight is 208 g/mol. The Balaban J connectivity index is 1.65. The van der Waals surface area contributed by atoms with Gasteiger partial charge >= 0.3 is 0 Å². The molecule has 0 aromatic heterocycles. The maximum absolute atomic E-state index is 6.25. The number of fused-ring (bicyclic) bond motifs is 1. The van der Waals surface area contributed by atoms with E-state index in [0.717, 1.165) is 17.9 Å². The molecule has 3 unspecified atom stereocenters. The third kappa shape index (κ3) is 1.83. The van der Waals surface area contributed by atoms with Crippen molar-refractivity contribution in [1.82, 2.24) is 4.90 Å². The van der Waals surface area contributed by atoms with E-state index in [1.54, 1.807) is 0 Å². The van der Waals surface area contributed by atoms with Gasteiger partial charge in [0.1, 0.15) is 0 Å². The van der Waals surface area contributed by atoms with Gasteiger partial charge < -0.3 is 5.73 Å². The molecule has 1 aliphatic heterocycles. The second-order valence-corrected chi connectivity index (χ2v) is 5.91. The quantitative estimate of drug-likeness (QED) is 0.714. The highest BCUT2D eigenvalue weighted by Gasteiger charge is 2.41. The van der Waals surface area contributed by atoms with E-state index in [4.69, 9.17) is 5.73 Å². The van der Waals surface area contributed by atoms with Crippen molar-refractivity contribution in [1.29, 1.82) is 0 Å². The molecule has 3 fully saturated rings. The van der Waals surface area contributed by atoms with E-state index in [2.05, 4.69) is 4.90 Å². The normalized spacial score (nSPS) is 43.4. The van der Waals surface area contributed by atoms with Crippen LogP contribution in [-0.4, -0.2) is 30.1 Å². The Hall–Kier alpha value is -0.0800. The Morgan fingerprint density at radius 3 is 2.40 bits per heavy atom. The average Bonchev–Trinajstić information content (AvgIpc) is 2.86. The van der Waals surface area contributed by atoms with Gasteiger partial charge in [0.25, 0.3) is 0 Å². The summed E-state index contributed by atoms with van der Waals surface area (Å²) >= 11 is 0. The first kappa shape index (κ1) is 10.1. The van der Waals surface area contributed by atoms with Gasteiger partial charge in [0.15, 0.2) is 0 Å². The molecular weight excluding hydrogens is 184 g/mol. The van der Waals surface area contributed by atoms with Crippen LogP contribution in [0.1, 0.15) is 44.9 Å². The Morgan fingerprint density at radius 2 is 1.67 bits per heavy atom. The predicted octanol–water partition coefficient (Wildman–Crippen LogP) is 1.99. The van der Waals surface area contributed by atoms with Crippen molar-refractivity contribution in [2.45, 2.75) is 57.0 Å². The molecule has 0 aromatic carbocycles. The van der Waals surface area contributed by atoms with Crippen LogP contribution in [0.4, 0.5) is 0 Å². The molecule has 3 rings (SSSR count). The molecular formula is C13H24N2. The number of rotatable bonds is 1. The van der Waals surface area contributed by atoms with Crippen molar-refractivity contribution in [2.24, 2.45) is 17.6 Å². The molecule has 2 N–H and O–H groups in total. The molecule has 2 nitrogen and oxygen atoms in total. The van der Waals surface area contributed by atoms with Gasteiger partial charge in [-0.3, -0.25) is 4.90 Å². The van der Waals surface area contributed by atoms with Crippen molar-refractivity contribution >= 4 is 0 Å². The summed E-state index contributed by atoms with van der Waals surface area (Å²) in [6.45, 7) is 2.68. The van der Waals surface area contributed by atoms with Crippen LogP contribution in [0.5, 0.6) is 0 Å². The molecule has 2 aliphatic carbocycles. The Labute approximate surface area is 93.2 Å². The van der Waals surface area contributed by atoms with Gasteiger partial charge in [-0.25, -0.2) is 0 Å². The third-order valence-electron chi connectivity index (χ3n) is 5.02. The summed E-state index contributed by atoms with van der Waals surface area (Å²) in [5.41, 5.74) is 6.25. The minimum atomic E-state index is 0.509. The minimum absolute atomic E-state index is 0.509. The molecule has 0 spiro atoms. The van der Waals surface area contributed by atoms with E-state index in [1.807, 2.05) is 0 Å². The lowest BCUT2D eigenvalue weighted by atomic mass is 9.78. The van der Waals surface area contributed by atoms with Crippen molar-refractivity contribution in [3.05, 3.63) is 0 Å². The van der Waals surface area contributed by atoms with Crippen LogP contribution in [0, 0.1) is 11.8 Å². The van der Waals surface area contributed by atoms with E-state index >= 15 is 0 Å². The lowest BCUT2D eigenvalue weighted by molar-refractivity contribution is 0.231. The summed E-state index contributed by atoms with van der Waals surface area (Å²) in [6.07, 6.45) is 9.93. The van der Waals surface area contributed by atoms with Crippen LogP contribution in [0.3, 0.4) is 0 Å². The molecule has 15 heavy (non-hydrogen) atoms. The molecule has 0 aromatic rings. The Morgan fingerprint density at radius 1 is 0.867 bits per heavy atom. The van der Waals surface area contributed by atoms with Gasteiger partial charge in [-0.1, -0.05) is 19.3 Å². The maximum Gasteiger partial charge on any atom is 0.00955 e. The van der Waals surface area contributed by atoms with Crippen molar-refractivity contribution in [3.8, 4) is 0 Å². The van der Waals surface area contributed by atoms with E-state index in [1.165, 1.54) is 58.0 Å². The minimum Gasteiger partial charge on any atom is -0.327 e. The summed E-state index contributed by atoms with van der Waals surface area (Å²) in [7, 11) is 0. The third-order valence-corrected chi connectivity index (χ3v) is 5.02. The molecule has 3 atom stereocenters. The predicted molar refractivity (Wildman–Crippen MR) is 62.6 cm³/mol. The maximum atomic E-state index is 6.25. The monoisotopic (exact) mass is 208 g/mol. The topological polar surface area (TPSA) is 29.3 Å². The molecule has 2 heteroatoms. The molecule has 86 valence electrons. The summed E-state index contributed by atoms with van der Waals surface area (Å²) in [5.74, 6) is 1.77. The molecule has 1 heterocycles. The summed E-state index contributed by atoms with van der Waals surface area (Å²) < 4.78 is 0. The highest BCUT2D eigenvalue weighted by Crippen LogP contribution is 2.38. The highest BCUT2D eigenvalue weighted by molar-refractivity contribution is 4.95. The molecule has 0 amide bonds. The van der Waals surface area contributed by atoms with E-state index in [-0.39, 0.29) is 0 Å². The van der Waals surface area contributed by atoms with Crippen LogP contribution < -0.4 is 5.73 Å². The van der Waals surface area contributed by atoms with Crippen LogP contribution in [0.2, 0.25) is 0 Å². The van der Waals surface area contributed by atoms with Crippen LogP contribution >= 0.6 is 0 Å². The summed E-state index contributed by atoms with van der Waals surface area (Å²) in [6, 6.07) is 1.43.